The van der Waals surface area contributed by atoms with Gasteiger partial charge in [-0.1, -0.05) is 158 Å². The van der Waals surface area contributed by atoms with Gasteiger partial charge in [-0.15, -0.1) is 0 Å². The number of hydrogen-bond donors (Lipinski definition) is 0. The lowest BCUT2D eigenvalue weighted by atomic mass is 9.70. The second-order valence-corrected chi connectivity index (χ2v) is 15.3. The Balaban J connectivity index is 0.956. The summed E-state index contributed by atoms with van der Waals surface area (Å²) >= 11 is 0. The summed E-state index contributed by atoms with van der Waals surface area (Å²) < 4.78 is 0. The number of pyridine rings is 2. The van der Waals surface area contributed by atoms with E-state index in [4.69, 9.17) is 4.98 Å². The molecule has 8 aromatic carbocycles. The van der Waals surface area contributed by atoms with Crippen molar-refractivity contribution in [3.63, 3.8) is 0 Å². The molecule has 0 bridgehead atoms. The zero-order valence-corrected chi connectivity index (χ0v) is 31.0. The third-order valence-electron chi connectivity index (χ3n) is 12.3. The van der Waals surface area contributed by atoms with E-state index in [1.807, 2.05) is 24.4 Å². The fourth-order valence-electron chi connectivity index (χ4n) is 9.79. The zero-order valence-electron chi connectivity index (χ0n) is 31.0. The Morgan fingerprint density at radius 3 is 1.47 bits per heavy atom. The molecular weight excluding hydrogens is 689 g/mol. The van der Waals surface area contributed by atoms with Crippen LogP contribution in [0, 0.1) is 0 Å². The van der Waals surface area contributed by atoms with E-state index in [9.17, 15) is 0 Å². The molecule has 2 aliphatic carbocycles. The van der Waals surface area contributed by atoms with Crippen LogP contribution in [-0.2, 0) is 5.41 Å². The number of aromatic nitrogens is 2. The molecule has 2 nitrogen and oxygen atoms in total. The monoisotopic (exact) mass is 722 g/mol. The third kappa shape index (κ3) is 4.71. The summed E-state index contributed by atoms with van der Waals surface area (Å²) in [4.78, 5) is 9.79. The lowest BCUT2D eigenvalue weighted by Gasteiger charge is -2.30. The van der Waals surface area contributed by atoms with Gasteiger partial charge in [0.2, 0.25) is 0 Å². The highest BCUT2D eigenvalue weighted by Gasteiger charge is 2.51. The van der Waals surface area contributed by atoms with Gasteiger partial charge in [0.15, 0.2) is 0 Å². The van der Waals surface area contributed by atoms with Crippen molar-refractivity contribution in [3.05, 3.63) is 229 Å². The van der Waals surface area contributed by atoms with Crippen molar-refractivity contribution in [2.24, 2.45) is 0 Å². The average Bonchev–Trinajstić information content (AvgIpc) is 3.76. The summed E-state index contributed by atoms with van der Waals surface area (Å²) in [5.41, 5.74) is 20.2. The summed E-state index contributed by atoms with van der Waals surface area (Å²) in [5.74, 6) is 0. The highest BCUT2D eigenvalue weighted by Crippen LogP contribution is 2.63. The molecule has 10 aromatic rings. The van der Waals surface area contributed by atoms with Crippen LogP contribution in [-0.4, -0.2) is 9.97 Å². The molecule has 2 heteroatoms. The standard InChI is InChI=1S/C55H34N2/c1-2-12-35(13-3-1)47-34-54(52-20-10-11-29-56-52)57-53-33-41(26-28-46(47)53)39-24-22-36-30-38(23-21-37(36)31-39)40-25-27-45-44-16-6-9-19-50(44)55(51(45)32-40)48-17-7-4-14-42(48)43-15-5-8-18-49(43)55/h1-34H. The van der Waals surface area contributed by atoms with Gasteiger partial charge in [0.25, 0.3) is 0 Å². The predicted octanol–water partition coefficient (Wildman–Crippen LogP) is 13.8. The second kappa shape index (κ2) is 12.3. The minimum absolute atomic E-state index is 0.351. The van der Waals surface area contributed by atoms with Gasteiger partial charge in [-0.05, 0) is 131 Å². The Bertz CT molecular complexity index is 3170. The smallest absolute Gasteiger partial charge is 0.0900 e. The molecule has 2 aliphatic rings. The molecule has 2 aromatic heterocycles. The fourth-order valence-corrected chi connectivity index (χ4v) is 9.79. The minimum Gasteiger partial charge on any atom is -0.255 e. The number of hydrogen-bond acceptors (Lipinski definition) is 2. The Labute approximate surface area is 331 Å². The van der Waals surface area contributed by atoms with Crippen LogP contribution in [0.1, 0.15) is 22.3 Å². The first kappa shape index (κ1) is 31.9. The van der Waals surface area contributed by atoms with Gasteiger partial charge in [0, 0.05) is 11.6 Å². The molecule has 264 valence electrons. The van der Waals surface area contributed by atoms with E-state index in [1.54, 1.807) is 0 Å². The normalized spacial score (nSPS) is 13.1. The molecule has 0 unspecified atom stereocenters. The molecule has 0 saturated carbocycles. The quantitative estimate of drug-likeness (QED) is 0.181. The van der Waals surface area contributed by atoms with Crippen LogP contribution in [0.2, 0.25) is 0 Å². The van der Waals surface area contributed by atoms with Gasteiger partial charge < -0.3 is 0 Å². The predicted molar refractivity (Wildman–Crippen MR) is 235 cm³/mol. The minimum atomic E-state index is -0.351. The zero-order chi connectivity index (χ0) is 37.5. The van der Waals surface area contributed by atoms with Gasteiger partial charge >= 0.3 is 0 Å². The number of rotatable bonds is 4. The summed E-state index contributed by atoms with van der Waals surface area (Å²) in [6, 6.07) is 73.2. The van der Waals surface area contributed by atoms with Crippen molar-refractivity contribution < 1.29 is 0 Å². The van der Waals surface area contributed by atoms with E-state index in [0.29, 0.717) is 0 Å². The topological polar surface area (TPSA) is 25.8 Å². The van der Waals surface area contributed by atoms with Crippen molar-refractivity contribution in [3.8, 4) is 67.0 Å². The maximum Gasteiger partial charge on any atom is 0.0900 e. The summed E-state index contributed by atoms with van der Waals surface area (Å²) in [6.07, 6.45) is 1.83. The van der Waals surface area contributed by atoms with E-state index in [1.165, 1.54) is 72.0 Å². The molecule has 0 radical (unpaired) electrons. The van der Waals surface area contributed by atoms with Crippen molar-refractivity contribution >= 4 is 21.7 Å². The van der Waals surface area contributed by atoms with Crippen molar-refractivity contribution in [2.45, 2.75) is 5.41 Å². The second-order valence-electron chi connectivity index (χ2n) is 15.3. The molecular formula is C55H34N2. The molecule has 57 heavy (non-hydrogen) atoms. The van der Waals surface area contributed by atoms with E-state index < -0.39 is 0 Å². The van der Waals surface area contributed by atoms with Gasteiger partial charge in [-0.25, -0.2) is 4.98 Å². The Morgan fingerprint density at radius 1 is 0.316 bits per heavy atom. The molecule has 0 amide bonds. The van der Waals surface area contributed by atoms with Crippen LogP contribution in [0.4, 0.5) is 0 Å². The first-order chi connectivity index (χ1) is 28.2. The molecule has 0 fully saturated rings. The average molecular weight is 723 g/mol. The Hall–Kier alpha value is -7.42. The largest absolute Gasteiger partial charge is 0.255 e. The van der Waals surface area contributed by atoms with Gasteiger partial charge in [-0.2, -0.15) is 0 Å². The fraction of sp³-hybridized carbons (Fsp3) is 0.0182. The van der Waals surface area contributed by atoms with Gasteiger partial charge in [0.05, 0.1) is 22.3 Å². The SMILES string of the molecule is c1ccc(-c2cc(-c3ccccn3)nc3cc(-c4ccc5cc(-c6ccc7c(c6)C6(c8ccccc8-c8ccccc86)c6ccccc6-7)ccc5c4)ccc23)cc1. The molecule has 0 N–H and O–H groups in total. The van der Waals surface area contributed by atoms with Crippen LogP contribution in [0.3, 0.4) is 0 Å². The molecule has 2 heterocycles. The first-order valence-electron chi connectivity index (χ1n) is 19.6. The summed E-state index contributed by atoms with van der Waals surface area (Å²) in [5, 5.41) is 3.55. The Kier molecular flexibility index (Phi) is 6.88. The summed E-state index contributed by atoms with van der Waals surface area (Å²) in [6.45, 7) is 0. The van der Waals surface area contributed by atoms with E-state index in [2.05, 4.69) is 187 Å². The van der Waals surface area contributed by atoms with Gasteiger partial charge in [0.1, 0.15) is 0 Å². The van der Waals surface area contributed by atoms with E-state index >= 15 is 0 Å². The van der Waals surface area contributed by atoms with Crippen LogP contribution < -0.4 is 0 Å². The van der Waals surface area contributed by atoms with Crippen molar-refractivity contribution in [1.82, 2.24) is 9.97 Å². The number of nitrogens with zero attached hydrogens (tertiary/aromatic N) is 2. The Morgan fingerprint density at radius 2 is 0.842 bits per heavy atom. The lowest BCUT2D eigenvalue weighted by molar-refractivity contribution is 0.794. The molecule has 1 spiro atoms. The highest BCUT2D eigenvalue weighted by molar-refractivity contribution is 6.00. The van der Waals surface area contributed by atoms with Gasteiger partial charge in [-0.3, -0.25) is 4.98 Å². The highest BCUT2D eigenvalue weighted by atomic mass is 14.8. The molecule has 12 rings (SSSR count). The van der Waals surface area contributed by atoms with Crippen LogP contribution in [0.25, 0.3) is 88.7 Å². The van der Waals surface area contributed by atoms with E-state index in [-0.39, 0.29) is 5.41 Å². The molecule has 0 aliphatic heterocycles. The first-order valence-corrected chi connectivity index (χ1v) is 19.6. The van der Waals surface area contributed by atoms with Crippen molar-refractivity contribution in [1.29, 1.82) is 0 Å². The molecule has 0 atom stereocenters. The maximum atomic E-state index is 5.15. The molecule has 0 saturated heterocycles. The van der Waals surface area contributed by atoms with Crippen LogP contribution in [0.5, 0.6) is 0 Å². The van der Waals surface area contributed by atoms with Crippen molar-refractivity contribution in [2.75, 3.05) is 0 Å². The summed E-state index contributed by atoms with van der Waals surface area (Å²) in [7, 11) is 0. The lowest BCUT2D eigenvalue weighted by Crippen LogP contribution is -2.25. The number of fused-ring (bicyclic) bond motifs is 12. The third-order valence-corrected chi connectivity index (χ3v) is 12.3. The number of benzene rings is 8. The van der Waals surface area contributed by atoms with Crippen LogP contribution >= 0.6 is 0 Å². The van der Waals surface area contributed by atoms with Crippen LogP contribution in [0.15, 0.2) is 206 Å². The maximum absolute atomic E-state index is 5.15. The van der Waals surface area contributed by atoms with E-state index in [0.717, 1.165) is 39.0 Å².